The number of hydrogen-bond acceptors (Lipinski definition) is 0. The minimum atomic E-state index is 0.768. The van der Waals surface area contributed by atoms with Crippen molar-refractivity contribution in [2.75, 3.05) is 0 Å². The molecule has 1 aromatic carbocycles. The summed E-state index contributed by atoms with van der Waals surface area (Å²) >= 11 is 0. The first kappa shape index (κ1) is 17.3. The van der Waals surface area contributed by atoms with Crippen LogP contribution in [0.15, 0.2) is 30.3 Å². The van der Waals surface area contributed by atoms with Crippen LogP contribution in [0.2, 0.25) is 0 Å². The summed E-state index contributed by atoms with van der Waals surface area (Å²) in [6.07, 6.45) is 12.4. The largest absolute Gasteiger partial charge is 0.0654 e. The van der Waals surface area contributed by atoms with Crippen molar-refractivity contribution in [1.82, 2.24) is 0 Å². The topological polar surface area (TPSA) is 0 Å². The molecule has 0 aliphatic heterocycles. The fraction of sp³-hybridized carbons (Fsp3) is 0.700. The van der Waals surface area contributed by atoms with E-state index in [-0.39, 0.29) is 0 Å². The van der Waals surface area contributed by atoms with E-state index in [0.717, 1.165) is 11.8 Å². The Morgan fingerprint density at radius 2 is 1.35 bits per heavy atom. The van der Waals surface area contributed by atoms with E-state index < -0.39 is 0 Å². The second-order valence-electron chi connectivity index (χ2n) is 6.34. The predicted octanol–water partition coefficient (Wildman–Crippen LogP) is 6.96. The highest BCUT2D eigenvalue weighted by Crippen LogP contribution is 2.33. The van der Waals surface area contributed by atoms with Crippen LogP contribution in [0, 0.1) is 5.92 Å². The zero-order valence-electron chi connectivity index (χ0n) is 13.9. The normalized spacial score (nSPS) is 14.2. The van der Waals surface area contributed by atoms with Gasteiger partial charge < -0.3 is 0 Å². The molecule has 0 fully saturated rings. The highest BCUT2D eigenvalue weighted by Gasteiger charge is 2.18. The average Bonchev–Trinajstić information content (AvgIpc) is 2.48. The maximum atomic E-state index is 2.47. The lowest BCUT2D eigenvalue weighted by molar-refractivity contribution is 0.380. The van der Waals surface area contributed by atoms with E-state index in [9.17, 15) is 0 Å². The molecule has 114 valence electrons. The molecule has 0 aromatic heterocycles. The molecule has 0 bridgehead atoms. The number of unbranched alkanes of at least 4 members (excludes halogenated alkanes) is 5. The van der Waals surface area contributed by atoms with Gasteiger partial charge in [-0.15, -0.1) is 0 Å². The molecule has 0 nitrogen and oxygen atoms in total. The maximum absolute atomic E-state index is 2.47. The van der Waals surface area contributed by atoms with Crippen molar-refractivity contribution in [2.45, 2.75) is 84.5 Å². The predicted molar refractivity (Wildman–Crippen MR) is 91.2 cm³/mol. The van der Waals surface area contributed by atoms with E-state index in [1.54, 1.807) is 5.56 Å². The molecule has 2 atom stereocenters. The third-order valence-corrected chi connectivity index (χ3v) is 4.55. The fourth-order valence-electron chi connectivity index (χ4n) is 3.19. The molecular weight excluding hydrogens is 240 g/mol. The first-order chi connectivity index (χ1) is 9.79. The van der Waals surface area contributed by atoms with Crippen molar-refractivity contribution in [1.29, 1.82) is 0 Å². The molecule has 1 rings (SSSR count). The molecule has 0 N–H and O–H groups in total. The van der Waals surface area contributed by atoms with Crippen LogP contribution in [-0.2, 0) is 0 Å². The van der Waals surface area contributed by atoms with E-state index in [4.69, 9.17) is 0 Å². The van der Waals surface area contributed by atoms with Gasteiger partial charge in [-0.25, -0.2) is 0 Å². The van der Waals surface area contributed by atoms with Crippen LogP contribution in [0.3, 0.4) is 0 Å². The molecule has 0 aliphatic rings. The van der Waals surface area contributed by atoms with Gasteiger partial charge in [-0.3, -0.25) is 0 Å². The first-order valence-electron chi connectivity index (χ1n) is 8.84. The van der Waals surface area contributed by atoms with E-state index in [1.807, 2.05) is 0 Å². The average molecular weight is 274 g/mol. The van der Waals surface area contributed by atoms with Crippen molar-refractivity contribution < 1.29 is 0 Å². The van der Waals surface area contributed by atoms with E-state index >= 15 is 0 Å². The summed E-state index contributed by atoms with van der Waals surface area (Å²) in [4.78, 5) is 0. The Morgan fingerprint density at radius 1 is 0.750 bits per heavy atom. The van der Waals surface area contributed by atoms with Gasteiger partial charge in [-0.1, -0.05) is 102 Å². The van der Waals surface area contributed by atoms with Crippen LogP contribution >= 0.6 is 0 Å². The van der Waals surface area contributed by atoms with Crippen molar-refractivity contribution in [3.63, 3.8) is 0 Å². The molecular formula is C20H34. The molecule has 0 spiro atoms. The van der Waals surface area contributed by atoms with Crippen LogP contribution in [0.1, 0.15) is 90.0 Å². The third kappa shape index (κ3) is 6.59. The second-order valence-corrected chi connectivity index (χ2v) is 6.34. The zero-order chi connectivity index (χ0) is 14.6. The van der Waals surface area contributed by atoms with E-state index in [2.05, 4.69) is 51.1 Å². The van der Waals surface area contributed by atoms with Crippen LogP contribution < -0.4 is 0 Å². The summed E-state index contributed by atoms with van der Waals surface area (Å²) < 4.78 is 0. The highest BCUT2D eigenvalue weighted by atomic mass is 14.2. The summed E-state index contributed by atoms with van der Waals surface area (Å²) in [7, 11) is 0. The summed E-state index contributed by atoms with van der Waals surface area (Å²) in [6.45, 7) is 7.05. The summed E-state index contributed by atoms with van der Waals surface area (Å²) in [5.41, 5.74) is 1.56. The Balaban J connectivity index is 2.54. The Hall–Kier alpha value is -0.780. The van der Waals surface area contributed by atoms with Gasteiger partial charge in [0.15, 0.2) is 0 Å². The molecule has 0 saturated carbocycles. The van der Waals surface area contributed by atoms with E-state index in [1.165, 1.54) is 57.8 Å². The summed E-state index contributed by atoms with van der Waals surface area (Å²) in [6, 6.07) is 11.2. The van der Waals surface area contributed by atoms with Crippen LogP contribution in [0.4, 0.5) is 0 Å². The van der Waals surface area contributed by atoms with Crippen molar-refractivity contribution in [3.05, 3.63) is 35.9 Å². The molecule has 0 aliphatic carbocycles. The molecule has 0 amide bonds. The zero-order valence-corrected chi connectivity index (χ0v) is 13.9. The summed E-state index contributed by atoms with van der Waals surface area (Å²) in [5, 5.41) is 0. The quantitative estimate of drug-likeness (QED) is 0.383. The van der Waals surface area contributed by atoms with Gasteiger partial charge in [0, 0.05) is 0 Å². The third-order valence-electron chi connectivity index (χ3n) is 4.55. The lowest BCUT2D eigenvalue weighted by atomic mass is 9.80. The van der Waals surface area contributed by atoms with Gasteiger partial charge in [0.1, 0.15) is 0 Å². The van der Waals surface area contributed by atoms with Crippen LogP contribution in [0.5, 0.6) is 0 Å². The van der Waals surface area contributed by atoms with Crippen LogP contribution in [-0.4, -0.2) is 0 Å². The van der Waals surface area contributed by atoms with Crippen molar-refractivity contribution in [3.8, 4) is 0 Å². The lowest BCUT2D eigenvalue weighted by Gasteiger charge is -2.25. The smallest absolute Gasteiger partial charge is 0.0136 e. The first-order valence-corrected chi connectivity index (χ1v) is 8.84. The van der Waals surface area contributed by atoms with E-state index in [0.29, 0.717) is 0 Å². The second kappa shape index (κ2) is 10.9. The molecule has 0 heterocycles. The van der Waals surface area contributed by atoms with Gasteiger partial charge in [-0.2, -0.15) is 0 Å². The fourth-order valence-corrected chi connectivity index (χ4v) is 3.19. The molecule has 0 heteroatoms. The lowest BCUT2D eigenvalue weighted by Crippen LogP contribution is -2.10. The van der Waals surface area contributed by atoms with Gasteiger partial charge in [0.2, 0.25) is 0 Å². The Bertz CT molecular complexity index is 314. The molecule has 0 saturated heterocycles. The van der Waals surface area contributed by atoms with Gasteiger partial charge in [-0.05, 0) is 23.8 Å². The van der Waals surface area contributed by atoms with Gasteiger partial charge in [0.05, 0.1) is 0 Å². The molecule has 20 heavy (non-hydrogen) atoms. The standard InChI is InChI=1S/C20H34/c1-4-6-8-13-17-20(18(3)14-10-7-5-2)19-15-11-9-12-16-19/h9,11-12,15-16,18,20H,4-8,10,13-14,17H2,1-3H3. The highest BCUT2D eigenvalue weighted by molar-refractivity contribution is 5.20. The van der Waals surface area contributed by atoms with Gasteiger partial charge in [0.25, 0.3) is 0 Å². The molecule has 2 unspecified atom stereocenters. The molecule has 0 radical (unpaired) electrons. The minimum absolute atomic E-state index is 0.768. The number of benzene rings is 1. The Morgan fingerprint density at radius 3 is 2.00 bits per heavy atom. The van der Waals surface area contributed by atoms with Crippen molar-refractivity contribution in [2.24, 2.45) is 5.92 Å². The van der Waals surface area contributed by atoms with Crippen molar-refractivity contribution >= 4 is 0 Å². The summed E-state index contributed by atoms with van der Waals surface area (Å²) in [5.74, 6) is 1.59. The Labute approximate surface area is 127 Å². The number of rotatable bonds is 11. The monoisotopic (exact) mass is 274 g/mol. The maximum Gasteiger partial charge on any atom is -0.0136 e. The molecule has 1 aromatic rings. The van der Waals surface area contributed by atoms with Crippen LogP contribution in [0.25, 0.3) is 0 Å². The minimum Gasteiger partial charge on any atom is -0.0654 e. The Kier molecular flexibility index (Phi) is 9.45. The number of hydrogen-bond donors (Lipinski definition) is 0. The van der Waals surface area contributed by atoms with Gasteiger partial charge >= 0.3 is 0 Å². The SMILES string of the molecule is CCCCCCC(c1ccccc1)C(C)CCCCC.